The van der Waals surface area contributed by atoms with Crippen molar-refractivity contribution >= 4 is 11.7 Å². The van der Waals surface area contributed by atoms with E-state index in [-0.39, 0.29) is 5.91 Å². The van der Waals surface area contributed by atoms with Crippen molar-refractivity contribution in [3.8, 4) is 16.8 Å². The monoisotopic (exact) mass is 339 g/mol. The predicted molar refractivity (Wildman–Crippen MR) is 103 cm³/mol. The Morgan fingerprint density at radius 1 is 0.731 bits per heavy atom. The SMILES string of the molecule is O=C(Nc1ccn(-c2ccccc2)n1)c1ccc(-c2ccccc2)cc1. The fourth-order valence-electron chi connectivity index (χ4n) is 2.75. The summed E-state index contributed by atoms with van der Waals surface area (Å²) < 4.78 is 1.73. The molecule has 1 N–H and O–H groups in total. The van der Waals surface area contributed by atoms with Gasteiger partial charge in [-0.25, -0.2) is 4.68 Å². The molecule has 0 radical (unpaired) electrons. The molecule has 1 amide bonds. The van der Waals surface area contributed by atoms with Gasteiger partial charge in [-0.15, -0.1) is 0 Å². The Bertz CT molecular complexity index is 1010. The van der Waals surface area contributed by atoms with Gasteiger partial charge in [0.2, 0.25) is 0 Å². The van der Waals surface area contributed by atoms with Gasteiger partial charge in [0.25, 0.3) is 5.91 Å². The molecule has 0 aliphatic heterocycles. The summed E-state index contributed by atoms with van der Waals surface area (Å²) in [6.07, 6.45) is 1.82. The number of benzene rings is 3. The Morgan fingerprint density at radius 3 is 2.04 bits per heavy atom. The van der Waals surface area contributed by atoms with E-state index in [1.54, 1.807) is 10.7 Å². The molecule has 0 aliphatic rings. The summed E-state index contributed by atoms with van der Waals surface area (Å²) in [5.74, 6) is 0.342. The molecule has 3 aromatic carbocycles. The Morgan fingerprint density at radius 2 is 1.35 bits per heavy atom. The van der Waals surface area contributed by atoms with Crippen LogP contribution in [-0.2, 0) is 0 Å². The summed E-state index contributed by atoms with van der Waals surface area (Å²) in [6, 6.07) is 29.2. The third-order valence-corrected chi connectivity index (χ3v) is 4.11. The van der Waals surface area contributed by atoms with Crippen LogP contribution in [0.3, 0.4) is 0 Å². The molecule has 4 heteroatoms. The van der Waals surface area contributed by atoms with E-state index < -0.39 is 0 Å². The lowest BCUT2D eigenvalue weighted by Crippen LogP contribution is -2.12. The first-order valence-electron chi connectivity index (χ1n) is 8.37. The third-order valence-electron chi connectivity index (χ3n) is 4.11. The molecule has 126 valence electrons. The number of rotatable bonds is 4. The van der Waals surface area contributed by atoms with E-state index in [9.17, 15) is 4.79 Å². The van der Waals surface area contributed by atoms with E-state index in [1.807, 2.05) is 91.1 Å². The first-order chi connectivity index (χ1) is 12.8. The number of nitrogens with zero attached hydrogens (tertiary/aromatic N) is 2. The molecule has 0 spiro atoms. The van der Waals surface area contributed by atoms with Gasteiger partial charge in [0, 0.05) is 17.8 Å². The molecule has 0 unspecified atom stereocenters. The number of carbonyl (C=O) groups is 1. The normalized spacial score (nSPS) is 10.5. The average Bonchev–Trinajstić information content (AvgIpc) is 3.18. The van der Waals surface area contributed by atoms with Gasteiger partial charge in [-0.05, 0) is 35.4 Å². The zero-order valence-corrected chi connectivity index (χ0v) is 14.0. The Labute approximate surface area is 151 Å². The van der Waals surface area contributed by atoms with E-state index in [1.165, 1.54) is 0 Å². The van der Waals surface area contributed by atoms with Crippen LogP contribution >= 0.6 is 0 Å². The van der Waals surface area contributed by atoms with Gasteiger partial charge < -0.3 is 5.32 Å². The maximum atomic E-state index is 12.4. The number of nitrogens with one attached hydrogen (secondary N) is 1. The van der Waals surface area contributed by atoms with Crippen molar-refractivity contribution in [1.82, 2.24) is 9.78 Å². The smallest absolute Gasteiger partial charge is 0.256 e. The zero-order chi connectivity index (χ0) is 17.8. The highest BCUT2D eigenvalue weighted by molar-refractivity contribution is 6.04. The highest BCUT2D eigenvalue weighted by Crippen LogP contribution is 2.19. The molecule has 0 bridgehead atoms. The Kier molecular flexibility index (Phi) is 4.31. The second-order valence-electron chi connectivity index (χ2n) is 5.88. The van der Waals surface area contributed by atoms with Crippen molar-refractivity contribution in [2.75, 3.05) is 5.32 Å². The molecular formula is C22H17N3O. The number of aromatic nitrogens is 2. The number of amides is 1. The van der Waals surface area contributed by atoms with Crippen LogP contribution in [0.5, 0.6) is 0 Å². The average molecular weight is 339 g/mol. The van der Waals surface area contributed by atoms with Gasteiger partial charge in [-0.1, -0.05) is 60.7 Å². The number of anilines is 1. The minimum absolute atomic E-state index is 0.178. The van der Waals surface area contributed by atoms with Crippen LogP contribution in [-0.4, -0.2) is 15.7 Å². The topological polar surface area (TPSA) is 46.9 Å². The van der Waals surface area contributed by atoms with E-state index in [2.05, 4.69) is 10.4 Å². The van der Waals surface area contributed by atoms with Crippen LogP contribution in [0.15, 0.2) is 97.2 Å². The second-order valence-corrected chi connectivity index (χ2v) is 5.88. The fraction of sp³-hybridized carbons (Fsp3) is 0. The van der Waals surface area contributed by atoms with Crippen LogP contribution < -0.4 is 5.32 Å². The minimum Gasteiger partial charge on any atom is -0.305 e. The summed E-state index contributed by atoms with van der Waals surface area (Å²) in [5.41, 5.74) is 3.75. The maximum Gasteiger partial charge on any atom is 0.256 e. The van der Waals surface area contributed by atoms with Crippen LogP contribution in [0.25, 0.3) is 16.8 Å². The molecular weight excluding hydrogens is 322 g/mol. The molecule has 4 aromatic rings. The van der Waals surface area contributed by atoms with E-state index in [0.29, 0.717) is 11.4 Å². The minimum atomic E-state index is -0.178. The predicted octanol–water partition coefficient (Wildman–Crippen LogP) is 4.79. The largest absolute Gasteiger partial charge is 0.305 e. The lowest BCUT2D eigenvalue weighted by Gasteiger charge is -2.05. The van der Waals surface area contributed by atoms with Crippen molar-refractivity contribution < 1.29 is 4.79 Å². The summed E-state index contributed by atoms with van der Waals surface area (Å²) in [6.45, 7) is 0. The van der Waals surface area contributed by atoms with Gasteiger partial charge in [-0.3, -0.25) is 4.79 Å². The number of hydrogen-bond acceptors (Lipinski definition) is 2. The van der Waals surface area contributed by atoms with E-state index in [0.717, 1.165) is 16.8 Å². The van der Waals surface area contributed by atoms with Crippen molar-refractivity contribution in [2.45, 2.75) is 0 Å². The van der Waals surface area contributed by atoms with E-state index in [4.69, 9.17) is 0 Å². The van der Waals surface area contributed by atoms with E-state index >= 15 is 0 Å². The van der Waals surface area contributed by atoms with Gasteiger partial charge in [0.15, 0.2) is 5.82 Å². The Hall–Kier alpha value is -3.66. The zero-order valence-electron chi connectivity index (χ0n) is 14.0. The van der Waals surface area contributed by atoms with Gasteiger partial charge in [0.05, 0.1) is 5.69 Å². The molecule has 1 aromatic heterocycles. The maximum absolute atomic E-state index is 12.4. The lowest BCUT2D eigenvalue weighted by atomic mass is 10.0. The van der Waals surface area contributed by atoms with Crippen LogP contribution in [0.1, 0.15) is 10.4 Å². The summed E-state index contributed by atoms with van der Waals surface area (Å²) in [5, 5.41) is 7.23. The first kappa shape index (κ1) is 15.8. The van der Waals surface area contributed by atoms with Crippen molar-refractivity contribution in [3.63, 3.8) is 0 Å². The van der Waals surface area contributed by atoms with Gasteiger partial charge in [-0.2, -0.15) is 5.10 Å². The summed E-state index contributed by atoms with van der Waals surface area (Å²) >= 11 is 0. The van der Waals surface area contributed by atoms with Crippen LogP contribution in [0.2, 0.25) is 0 Å². The summed E-state index contributed by atoms with van der Waals surface area (Å²) in [7, 11) is 0. The number of carbonyl (C=O) groups excluding carboxylic acids is 1. The quantitative estimate of drug-likeness (QED) is 0.581. The standard InChI is InChI=1S/C22H17N3O/c26-22(19-13-11-18(12-14-19)17-7-3-1-4-8-17)23-21-15-16-25(24-21)20-9-5-2-6-10-20/h1-16H,(H,23,24,26). The van der Waals surface area contributed by atoms with Crippen LogP contribution in [0.4, 0.5) is 5.82 Å². The van der Waals surface area contributed by atoms with Crippen molar-refractivity contribution in [3.05, 3.63) is 103 Å². The molecule has 0 fully saturated rings. The number of hydrogen-bond donors (Lipinski definition) is 1. The molecule has 26 heavy (non-hydrogen) atoms. The molecule has 4 nitrogen and oxygen atoms in total. The highest BCUT2D eigenvalue weighted by Gasteiger charge is 2.09. The fourth-order valence-corrected chi connectivity index (χ4v) is 2.75. The first-order valence-corrected chi connectivity index (χ1v) is 8.37. The van der Waals surface area contributed by atoms with Crippen molar-refractivity contribution in [2.24, 2.45) is 0 Å². The van der Waals surface area contributed by atoms with Crippen molar-refractivity contribution in [1.29, 1.82) is 0 Å². The van der Waals surface area contributed by atoms with Crippen LogP contribution in [0, 0.1) is 0 Å². The molecule has 4 rings (SSSR count). The molecule has 0 saturated carbocycles. The summed E-state index contributed by atoms with van der Waals surface area (Å²) in [4.78, 5) is 12.4. The molecule has 0 aliphatic carbocycles. The number of para-hydroxylation sites is 1. The van der Waals surface area contributed by atoms with Gasteiger partial charge in [0.1, 0.15) is 0 Å². The lowest BCUT2D eigenvalue weighted by molar-refractivity contribution is 0.102. The molecule has 0 saturated heterocycles. The highest BCUT2D eigenvalue weighted by atomic mass is 16.1. The molecule has 1 heterocycles. The molecule has 0 atom stereocenters. The van der Waals surface area contributed by atoms with Gasteiger partial charge >= 0.3 is 0 Å². The Balaban J connectivity index is 1.48. The second kappa shape index (κ2) is 7.07. The third kappa shape index (κ3) is 3.39.